The van der Waals surface area contributed by atoms with E-state index >= 15 is 0 Å². The van der Waals surface area contributed by atoms with Crippen LogP contribution in [0.15, 0.2) is 23.2 Å². The molecule has 142 valence electrons. The Morgan fingerprint density at radius 1 is 1.23 bits per heavy atom. The maximum atomic E-state index is 5.93. The minimum atomic E-state index is 0.330. The number of hydrogen-bond donors (Lipinski definition) is 1. The molecule has 1 unspecified atom stereocenters. The number of benzene rings is 1. The van der Waals surface area contributed by atoms with Crippen LogP contribution >= 0.6 is 0 Å². The summed E-state index contributed by atoms with van der Waals surface area (Å²) in [4.78, 5) is 7.30. The number of ether oxygens (including phenoxy) is 3. The van der Waals surface area contributed by atoms with E-state index in [0.29, 0.717) is 25.2 Å². The molecule has 1 spiro atoms. The van der Waals surface area contributed by atoms with Crippen LogP contribution in [0.4, 0.5) is 0 Å². The highest BCUT2D eigenvalue weighted by Crippen LogP contribution is 2.38. The second kappa shape index (κ2) is 7.74. The first-order valence-electron chi connectivity index (χ1n) is 9.78. The first kappa shape index (κ1) is 17.5. The quantitative estimate of drug-likeness (QED) is 0.664. The summed E-state index contributed by atoms with van der Waals surface area (Å²) in [5.41, 5.74) is 1.41. The van der Waals surface area contributed by atoms with Crippen LogP contribution in [0.5, 0.6) is 11.5 Å². The largest absolute Gasteiger partial charge is 0.490 e. The average Bonchev–Trinajstić information content (AvgIpc) is 3.22. The van der Waals surface area contributed by atoms with Gasteiger partial charge in [0.15, 0.2) is 17.5 Å². The Hall–Kier alpha value is -1.95. The normalized spacial score (nSPS) is 25.6. The highest BCUT2D eigenvalue weighted by atomic mass is 16.5. The molecular formula is C20H29N3O3. The highest BCUT2D eigenvalue weighted by molar-refractivity contribution is 5.80. The summed E-state index contributed by atoms with van der Waals surface area (Å²) in [6.45, 7) is 8.84. The molecule has 2 saturated heterocycles. The molecule has 2 fully saturated rings. The van der Waals surface area contributed by atoms with Gasteiger partial charge in [-0.2, -0.15) is 0 Å². The summed E-state index contributed by atoms with van der Waals surface area (Å²) in [6.07, 6.45) is 3.27. The predicted molar refractivity (Wildman–Crippen MR) is 101 cm³/mol. The number of rotatable bonds is 3. The lowest BCUT2D eigenvalue weighted by Gasteiger charge is -2.25. The van der Waals surface area contributed by atoms with Crippen LogP contribution in [0.3, 0.4) is 0 Å². The number of aliphatic imine (C=N–C) groups is 1. The lowest BCUT2D eigenvalue weighted by atomic mass is 9.87. The second-order valence-electron chi connectivity index (χ2n) is 7.44. The van der Waals surface area contributed by atoms with E-state index in [1.807, 2.05) is 12.1 Å². The number of likely N-dealkylation sites (tertiary alicyclic amines) is 1. The third-order valence-corrected chi connectivity index (χ3v) is 5.51. The van der Waals surface area contributed by atoms with Crippen molar-refractivity contribution in [3.8, 4) is 11.5 Å². The van der Waals surface area contributed by atoms with Gasteiger partial charge in [-0.05, 0) is 25.8 Å². The second-order valence-corrected chi connectivity index (χ2v) is 7.44. The minimum Gasteiger partial charge on any atom is -0.490 e. The van der Waals surface area contributed by atoms with Crippen molar-refractivity contribution in [2.45, 2.75) is 32.7 Å². The van der Waals surface area contributed by atoms with Gasteiger partial charge in [-0.1, -0.05) is 12.1 Å². The molecule has 3 aliphatic rings. The molecule has 6 nitrogen and oxygen atoms in total. The van der Waals surface area contributed by atoms with Crippen LogP contribution in [0, 0.1) is 5.41 Å². The zero-order chi connectivity index (χ0) is 17.8. The van der Waals surface area contributed by atoms with Gasteiger partial charge >= 0.3 is 0 Å². The number of para-hydroxylation sites is 1. The van der Waals surface area contributed by atoms with E-state index in [-0.39, 0.29) is 0 Å². The van der Waals surface area contributed by atoms with Crippen molar-refractivity contribution in [3.05, 3.63) is 23.8 Å². The van der Waals surface area contributed by atoms with Gasteiger partial charge in [-0.25, -0.2) is 4.99 Å². The molecule has 0 bridgehead atoms. The van der Waals surface area contributed by atoms with Crippen LogP contribution in [-0.2, 0) is 11.3 Å². The van der Waals surface area contributed by atoms with Gasteiger partial charge in [0.2, 0.25) is 0 Å². The standard InChI is InChI=1S/C20H29N3O3/c1-2-21-19(23-9-7-20(14-23)8-12-24-15-20)22-13-16-5-3-6-17-18(16)26-11-4-10-25-17/h3,5-6H,2,4,7-15H2,1H3,(H,21,22). The SMILES string of the molecule is CCNC(=NCc1cccc2c1OCCCO2)N1CCC2(CCOC2)C1. The molecule has 0 amide bonds. The first-order chi connectivity index (χ1) is 12.8. The zero-order valence-corrected chi connectivity index (χ0v) is 15.6. The van der Waals surface area contributed by atoms with Crippen LogP contribution in [-0.4, -0.2) is 56.9 Å². The molecule has 0 aliphatic carbocycles. The summed E-state index contributed by atoms with van der Waals surface area (Å²) in [5, 5.41) is 3.46. The molecule has 0 saturated carbocycles. The lowest BCUT2D eigenvalue weighted by molar-refractivity contribution is 0.156. The van der Waals surface area contributed by atoms with Crippen LogP contribution in [0.2, 0.25) is 0 Å². The van der Waals surface area contributed by atoms with Gasteiger partial charge in [0.05, 0.1) is 26.4 Å². The first-order valence-corrected chi connectivity index (χ1v) is 9.78. The monoisotopic (exact) mass is 359 g/mol. The third kappa shape index (κ3) is 3.61. The van der Waals surface area contributed by atoms with E-state index < -0.39 is 0 Å². The maximum Gasteiger partial charge on any atom is 0.194 e. The van der Waals surface area contributed by atoms with Gasteiger partial charge in [-0.3, -0.25) is 0 Å². The summed E-state index contributed by atoms with van der Waals surface area (Å²) in [7, 11) is 0. The van der Waals surface area contributed by atoms with Crippen molar-refractivity contribution in [1.82, 2.24) is 10.2 Å². The molecule has 1 atom stereocenters. The van der Waals surface area contributed by atoms with Gasteiger partial charge < -0.3 is 24.4 Å². The fraction of sp³-hybridized carbons (Fsp3) is 0.650. The molecule has 3 aliphatic heterocycles. The molecule has 26 heavy (non-hydrogen) atoms. The topological polar surface area (TPSA) is 55.3 Å². The van der Waals surface area contributed by atoms with Gasteiger partial charge in [-0.15, -0.1) is 0 Å². The van der Waals surface area contributed by atoms with Crippen molar-refractivity contribution in [1.29, 1.82) is 0 Å². The summed E-state index contributed by atoms with van der Waals surface area (Å²) >= 11 is 0. The van der Waals surface area contributed by atoms with E-state index in [9.17, 15) is 0 Å². The molecule has 0 radical (unpaired) electrons. The molecule has 1 aromatic rings. The summed E-state index contributed by atoms with van der Waals surface area (Å²) in [5.74, 6) is 2.68. The van der Waals surface area contributed by atoms with Gasteiger partial charge in [0, 0.05) is 43.6 Å². The van der Waals surface area contributed by atoms with E-state index in [0.717, 1.165) is 62.3 Å². The molecule has 6 heteroatoms. The number of nitrogens with one attached hydrogen (secondary N) is 1. The number of guanidine groups is 1. The Bertz CT molecular complexity index is 656. The van der Waals surface area contributed by atoms with Crippen molar-refractivity contribution < 1.29 is 14.2 Å². The summed E-state index contributed by atoms with van der Waals surface area (Å²) < 4.78 is 17.4. The number of nitrogens with zero attached hydrogens (tertiary/aromatic N) is 2. The maximum absolute atomic E-state index is 5.93. The number of fused-ring (bicyclic) bond motifs is 1. The number of hydrogen-bond acceptors (Lipinski definition) is 4. The Kier molecular flexibility index (Phi) is 5.20. The lowest BCUT2D eigenvalue weighted by Crippen LogP contribution is -2.41. The third-order valence-electron chi connectivity index (χ3n) is 5.51. The smallest absolute Gasteiger partial charge is 0.194 e. The van der Waals surface area contributed by atoms with E-state index in [4.69, 9.17) is 19.2 Å². The average molecular weight is 359 g/mol. The van der Waals surface area contributed by atoms with Crippen molar-refractivity contribution in [2.75, 3.05) is 46.1 Å². The Labute approximate surface area is 155 Å². The van der Waals surface area contributed by atoms with Gasteiger partial charge in [0.25, 0.3) is 0 Å². The molecule has 3 heterocycles. The van der Waals surface area contributed by atoms with Crippen LogP contribution < -0.4 is 14.8 Å². The Balaban J connectivity index is 1.50. The van der Waals surface area contributed by atoms with Gasteiger partial charge in [0.1, 0.15) is 0 Å². The molecule has 0 aromatic heterocycles. The van der Waals surface area contributed by atoms with E-state index in [2.05, 4.69) is 23.2 Å². The fourth-order valence-corrected chi connectivity index (χ4v) is 4.05. The molecular weight excluding hydrogens is 330 g/mol. The summed E-state index contributed by atoms with van der Waals surface area (Å²) in [6, 6.07) is 6.08. The van der Waals surface area contributed by atoms with Crippen molar-refractivity contribution in [2.24, 2.45) is 10.4 Å². The Morgan fingerprint density at radius 2 is 2.15 bits per heavy atom. The molecule has 1 aromatic carbocycles. The predicted octanol–water partition coefficient (Wildman–Crippen LogP) is 2.43. The molecule has 1 N–H and O–H groups in total. The Morgan fingerprint density at radius 3 is 3.00 bits per heavy atom. The van der Waals surface area contributed by atoms with Crippen molar-refractivity contribution in [3.63, 3.8) is 0 Å². The zero-order valence-electron chi connectivity index (χ0n) is 15.6. The van der Waals surface area contributed by atoms with Crippen molar-refractivity contribution >= 4 is 5.96 Å². The van der Waals surface area contributed by atoms with Crippen LogP contribution in [0.25, 0.3) is 0 Å². The fourth-order valence-electron chi connectivity index (χ4n) is 4.05. The molecule has 4 rings (SSSR count). The minimum absolute atomic E-state index is 0.330. The highest BCUT2D eigenvalue weighted by Gasteiger charge is 2.42. The van der Waals surface area contributed by atoms with E-state index in [1.54, 1.807) is 0 Å². The van der Waals surface area contributed by atoms with Crippen LogP contribution in [0.1, 0.15) is 31.7 Å². The van der Waals surface area contributed by atoms with E-state index in [1.165, 1.54) is 12.8 Å².